The first kappa shape index (κ1) is 21.4. The van der Waals surface area contributed by atoms with Crippen LogP contribution in [0.25, 0.3) is 17.0 Å². The average Bonchev–Trinajstić information content (AvgIpc) is 2.79. The summed E-state index contributed by atoms with van der Waals surface area (Å²) in [4.78, 5) is 14.6. The Morgan fingerprint density at radius 3 is 2.68 bits per heavy atom. The van der Waals surface area contributed by atoms with Crippen LogP contribution in [0.15, 0.2) is 69.9 Å². The fourth-order valence-corrected chi connectivity index (χ4v) is 4.25. The minimum absolute atomic E-state index is 0.292. The summed E-state index contributed by atoms with van der Waals surface area (Å²) in [5, 5.41) is 4.66. The van der Waals surface area contributed by atoms with Crippen molar-refractivity contribution >= 4 is 22.7 Å². The molecule has 1 aliphatic heterocycles. The Morgan fingerprint density at radius 1 is 1.10 bits per heavy atom. The van der Waals surface area contributed by atoms with Crippen molar-refractivity contribution in [1.29, 1.82) is 0 Å². The second kappa shape index (κ2) is 10.5. The number of nitrogens with zero attached hydrogens (tertiary/aromatic N) is 1. The Labute approximate surface area is 184 Å². The number of anilines is 1. The highest BCUT2D eigenvalue weighted by Gasteiger charge is 2.19. The molecule has 0 unspecified atom stereocenters. The molecule has 2 aromatic carbocycles. The van der Waals surface area contributed by atoms with E-state index in [2.05, 4.69) is 65.7 Å². The van der Waals surface area contributed by atoms with Gasteiger partial charge in [-0.25, -0.2) is 4.79 Å². The third kappa shape index (κ3) is 5.86. The molecule has 0 bridgehead atoms. The molecule has 1 N–H and O–H groups in total. The van der Waals surface area contributed by atoms with Crippen molar-refractivity contribution in [3.63, 3.8) is 0 Å². The molecule has 0 amide bonds. The minimum atomic E-state index is -0.292. The third-order valence-electron chi connectivity index (χ3n) is 6.05. The zero-order valence-corrected chi connectivity index (χ0v) is 18.3. The Balaban J connectivity index is 1.37. The lowest BCUT2D eigenvalue weighted by Gasteiger charge is -2.32. The molecule has 1 fully saturated rings. The number of hydrogen-bond acceptors (Lipinski definition) is 4. The first-order valence-electron chi connectivity index (χ1n) is 11.5. The molecule has 1 aromatic heterocycles. The van der Waals surface area contributed by atoms with Crippen LogP contribution in [0.5, 0.6) is 0 Å². The quantitative estimate of drug-likeness (QED) is 0.477. The normalized spacial score (nSPS) is 15.6. The topological polar surface area (TPSA) is 45.5 Å². The molecule has 1 aliphatic rings. The first-order valence-corrected chi connectivity index (χ1v) is 11.5. The van der Waals surface area contributed by atoms with E-state index in [9.17, 15) is 4.79 Å². The van der Waals surface area contributed by atoms with E-state index in [4.69, 9.17) is 4.42 Å². The van der Waals surface area contributed by atoms with Crippen molar-refractivity contribution in [2.45, 2.75) is 45.1 Å². The number of aryl methyl sites for hydroxylation is 1. The predicted molar refractivity (Wildman–Crippen MR) is 130 cm³/mol. The van der Waals surface area contributed by atoms with E-state index in [1.165, 1.54) is 24.0 Å². The molecule has 4 nitrogen and oxygen atoms in total. The molecule has 162 valence electrons. The highest BCUT2D eigenvalue weighted by Crippen LogP contribution is 2.26. The zero-order chi connectivity index (χ0) is 21.5. The van der Waals surface area contributed by atoms with Gasteiger partial charge in [-0.15, -0.1) is 0 Å². The molecular weight excluding hydrogens is 384 g/mol. The van der Waals surface area contributed by atoms with Gasteiger partial charge in [0.15, 0.2) is 0 Å². The highest BCUT2D eigenvalue weighted by atomic mass is 16.4. The van der Waals surface area contributed by atoms with Gasteiger partial charge in [0, 0.05) is 37.1 Å². The Hall–Kier alpha value is -2.85. The number of rotatable bonds is 8. The van der Waals surface area contributed by atoms with Crippen molar-refractivity contribution < 1.29 is 4.42 Å². The lowest BCUT2D eigenvalue weighted by atomic mass is 10.0. The third-order valence-corrected chi connectivity index (χ3v) is 6.05. The van der Waals surface area contributed by atoms with E-state index in [0.29, 0.717) is 11.6 Å². The summed E-state index contributed by atoms with van der Waals surface area (Å²) in [6.45, 7) is 5.28. The standard InChI is InChI=1S/C27H32N2O2/c1-2-3-8-22-12-13-26-24(19-22)25(20-27(30)31-26)28-23-14-17-29(18-15-23)16-7-11-21-9-5-4-6-10-21/h4-7,9-13,19-20,23,28H,2-3,8,14-18H2,1H3. The molecule has 31 heavy (non-hydrogen) atoms. The Bertz CT molecular complexity index is 1060. The highest BCUT2D eigenvalue weighted by molar-refractivity contribution is 5.90. The molecule has 0 atom stereocenters. The Kier molecular flexibility index (Phi) is 7.21. The number of hydrogen-bond donors (Lipinski definition) is 1. The Morgan fingerprint density at radius 2 is 1.90 bits per heavy atom. The number of unbranched alkanes of at least 4 members (excludes halogenated alkanes) is 1. The van der Waals surface area contributed by atoms with Crippen LogP contribution in [0, 0.1) is 0 Å². The number of benzene rings is 2. The second-order valence-electron chi connectivity index (χ2n) is 8.45. The summed E-state index contributed by atoms with van der Waals surface area (Å²) in [5.41, 5.74) is 3.82. The molecule has 0 spiro atoms. The molecule has 0 aliphatic carbocycles. The second-order valence-corrected chi connectivity index (χ2v) is 8.45. The van der Waals surface area contributed by atoms with E-state index >= 15 is 0 Å². The number of piperidine rings is 1. The molecule has 1 saturated heterocycles. The van der Waals surface area contributed by atoms with Gasteiger partial charge >= 0.3 is 5.63 Å². The summed E-state index contributed by atoms with van der Waals surface area (Å²) in [5.74, 6) is 0. The smallest absolute Gasteiger partial charge is 0.338 e. The maximum absolute atomic E-state index is 12.1. The maximum Gasteiger partial charge on any atom is 0.338 e. The van der Waals surface area contributed by atoms with Crippen LogP contribution in [-0.4, -0.2) is 30.6 Å². The van der Waals surface area contributed by atoms with E-state index in [-0.39, 0.29) is 5.63 Å². The van der Waals surface area contributed by atoms with Gasteiger partial charge in [0.2, 0.25) is 0 Å². The van der Waals surface area contributed by atoms with Crippen molar-refractivity contribution in [2.75, 3.05) is 25.0 Å². The molecule has 2 heterocycles. The molecule has 4 heteroatoms. The van der Waals surface area contributed by atoms with Gasteiger partial charge in [-0.2, -0.15) is 0 Å². The summed E-state index contributed by atoms with van der Waals surface area (Å²) < 4.78 is 5.44. The van der Waals surface area contributed by atoms with Gasteiger partial charge < -0.3 is 9.73 Å². The lowest BCUT2D eigenvalue weighted by molar-refractivity contribution is 0.240. The van der Waals surface area contributed by atoms with Crippen LogP contribution in [0.4, 0.5) is 5.69 Å². The maximum atomic E-state index is 12.1. The first-order chi connectivity index (χ1) is 15.2. The summed E-state index contributed by atoms with van der Waals surface area (Å²) in [7, 11) is 0. The van der Waals surface area contributed by atoms with Gasteiger partial charge in [-0.05, 0) is 48.9 Å². The van der Waals surface area contributed by atoms with Crippen LogP contribution in [0.2, 0.25) is 0 Å². The number of likely N-dealkylation sites (tertiary alicyclic amines) is 1. The van der Waals surface area contributed by atoms with Crippen LogP contribution in [0.3, 0.4) is 0 Å². The fraction of sp³-hybridized carbons (Fsp3) is 0.370. The number of nitrogens with one attached hydrogen (secondary N) is 1. The summed E-state index contributed by atoms with van der Waals surface area (Å²) in [6, 6.07) is 18.6. The molecule has 3 aromatic rings. The van der Waals surface area contributed by atoms with E-state index < -0.39 is 0 Å². The largest absolute Gasteiger partial charge is 0.423 e. The van der Waals surface area contributed by atoms with Gasteiger partial charge in [-0.3, -0.25) is 4.90 Å². The van der Waals surface area contributed by atoms with Gasteiger partial charge in [-0.1, -0.05) is 61.9 Å². The van der Waals surface area contributed by atoms with E-state index in [1.54, 1.807) is 6.07 Å². The van der Waals surface area contributed by atoms with Crippen LogP contribution in [-0.2, 0) is 6.42 Å². The van der Waals surface area contributed by atoms with Crippen molar-refractivity contribution in [3.05, 3.63) is 82.2 Å². The molecule has 0 saturated carbocycles. The monoisotopic (exact) mass is 416 g/mol. The SMILES string of the molecule is CCCCc1ccc2oc(=O)cc(NC3CCN(CC=Cc4ccccc4)CC3)c2c1. The minimum Gasteiger partial charge on any atom is -0.423 e. The van der Waals surface area contributed by atoms with Crippen molar-refractivity contribution in [1.82, 2.24) is 4.90 Å². The summed E-state index contributed by atoms with van der Waals surface area (Å²) >= 11 is 0. The summed E-state index contributed by atoms with van der Waals surface area (Å²) in [6.07, 6.45) is 9.97. The van der Waals surface area contributed by atoms with Crippen LogP contribution in [0.1, 0.15) is 43.7 Å². The van der Waals surface area contributed by atoms with Gasteiger partial charge in [0.25, 0.3) is 0 Å². The van der Waals surface area contributed by atoms with Crippen LogP contribution >= 0.6 is 0 Å². The van der Waals surface area contributed by atoms with Crippen LogP contribution < -0.4 is 10.9 Å². The van der Waals surface area contributed by atoms with Gasteiger partial charge in [0.1, 0.15) is 5.58 Å². The van der Waals surface area contributed by atoms with Crippen molar-refractivity contribution in [3.8, 4) is 0 Å². The lowest BCUT2D eigenvalue weighted by Crippen LogP contribution is -2.39. The van der Waals surface area contributed by atoms with Crippen molar-refractivity contribution in [2.24, 2.45) is 0 Å². The van der Waals surface area contributed by atoms with Gasteiger partial charge in [0.05, 0.1) is 5.69 Å². The average molecular weight is 417 g/mol. The molecule has 4 rings (SSSR count). The predicted octanol–water partition coefficient (Wildman–Crippen LogP) is 5.73. The zero-order valence-electron chi connectivity index (χ0n) is 18.3. The number of fused-ring (bicyclic) bond motifs is 1. The molecular formula is C27H32N2O2. The fourth-order valence-electron chi connectivity index (χ4n) is 4.25. The van der Waals surface area contributed by atoms with E-state index in [0.717, 1.165) is 50.0 Å². The van der Waals surface area contributed by atoms with E-state index in [1.807, 2.05) is 12.1 Å². The molecule has 0 radical (unpaired) electrons.